The molecule has 0 fully saturated rings. The molecule has 0 aliphatic rings. The van der Waals surface area contributed by atoms with Crippen molar-refractivity contribution >= 4 is 11.6 Å². The van der Waals surface area contributed by atoms with E-state index in [0.29, 0.717) is 18.3 Å². The fourth-order valence-corrected chi connectivity index (χ4v) is 1.71. The summed E-state index contributed by atoms with van der Waals surface area (Å²) in [6, 6.07) is 4.39. The highest BCUT2D eigenvalue weighted by molar-refractivity contribution is 6.31. The molecule has 0 bridgehead atoms. The number of benzene rings is 1. The van der Waals surface area contributed by atoms with Gasteiger partial charge in [0.1, 0.15) is 10.8 Å². The molecule has 2 nitrogen and oxygen atoms in total. The zero-order valence-electron chi connectivity index (χ0n) is 10.5. The Labute approximate surface area is 125 Å². The van der Waals surface area contributed by atoms with Crippen LogP contribution in [0.2, 0.25) is 5.02 Å². The van der Waals surface area contributed by atoms with Crippen molar-refractivity contribution in [2.24, 2.45) is 0 Å². The van der Waals surface area contributed by atoms with Crippen LogP contribution in [0.4, 0.5) is 26.3 Å². The zero-order valence-corrected chi connectivity index (χ0v) is 11.2. The molecule has 0 atom stereocenters. The molecule has 0 aliphatic carbocycles. The summed E-state index contributed by atoms with van der Waals surface area (Å²) < 4.78 is 80.0. The van der Waals surface area contributed by atoms with Crippen molar-refractivity contribution in [3.63, 3.8) is 0 Å². The average molecular weight is 342 g/mol. The summed E-state index contributed by atoms with van der Waals surface area (Å²) in [5, 5.41) is -0.466. The van der Waals surface area contributed by atoms with Crippen LogP contribution in [-0.4, -0.2) is 4.98 Å². The summed E-state index contributed by atoms with van der Waals surface area (Å²) >= 11 is 5.61. The van der Waals surface area contributed by atoms with Crippen LogP contribution in [0.25, 0.3) is 0 Å². The topological polar surface area (TPSA) is 22.1 Å². The molecule has 22 heavy (non-hydrogen) atoms. The van der Waals surface area contributed by atoms with Gasteiger partial charge in [-0.1, -0.05) is 17.7 Å². The van der Waals surface area contributed by atoms with Crippen molar-refractivity contribution in [2.75, 3.05) is 0 Å². The van der Waals surface area contributed by atoms with Gasteiger partial charge in [0.05, 0.1) is 11.1 Å². The summed E-state index contributed by atoms with van der Waals surface area (Å²) in [4.78, 5) is 3.38. The van der Waals surface area contributed by atoms with Gasteiger partial charge >= 0.3 is 12.4 Å². The monoisotopic (exact) mass is 341 g/mol. The van der Waals surface area contributed by atoms with Gasteiger partial charge in [-0.2, -0.15) is 26.3 Å². The van der Waals surface area contributed by atoms with Gasteiger partial charge in [-0.05, 0) is 24.3 Å². The predicted octanol–water partition coefficient (Wildman–Crippen LogP) is 5.56. The van der Waals surface area contributed by atoms with Crippen LogP contribution in [0.15, 0.2) is 36.5 Å². The second kappa shape index (κ2) is 5.68. The maximum Gasteiger partial charge on any atom is 0.417 e. The minimum absolute atomic E-state index is 0.246. The van der Waals surface area contributed by atoms with E-state index in [1.807, 2.05) is 0 Å². The quantitative estimate of drug-likeness (QED) is 0.667. The van der Waals surface area contributed by atoms with Crippen LogP contribution in [0, 0.1) is 0 Å². The van der Waals surface area contributed by atoms with Gasteiger partial charge in [0.15, 0.2) is 0 Å². The Morgan fingerprint density at radius 1 is 0.909 bits per heavy atom. The minimum Gasteiger partial charge on any atom is -0.438 e. The van der Waals surface area contributed by atoms with Gasteiger partial charge < -0.3 is 4.74 Å². The standard InChI is InChI=1S/C13H6ClF6NO/c14-10-5-8(13(18,19)20)6-21-11(10)22-9-3-1-2-7(4-9)12(15,16)17/h1-6H. The number of nitrogens with zero attached hydrogens (tertiary/aromatic N) is 1. The molecule has 0 unspecified atom stereocenters. The van der Waals surface area contributed by atoms with Crippen molar-refractivity contribution in [2.45, 2.75) is 12.4 Å². The number of alkyl halides is 6. The number of pyridine rings is 1. The Kier molecular flexibility index (Phi) is 4.23. The minimum atomic E-state index is -4.63. The normalized spacial score (nSPS) is 12.3. The smallest absolute Gasteiger partial charge is 0.417 e. The third-order valence-corrected chi connectivity index (χ3v) is 2.78. The predicted molar refractivity (Wildman–Crippen MR) is 65.8 cm³/mol. The Morgan fingerprint density at radius 2 is 1.55 bits per heavy atom. The number of aromatic nitrogens is 1. The van der Waals surface area contributed by atoms with Crippen LogP contribution < -0.4 is 4.74 Å². The van der Waals surface area contributed by atoms with E-state index in [1.165, 1.54) is 6.07 Å². The number of rotatable bonds is 2. The molecule has 0 N–H and O–H groups in total. The maximum absolute atomic E-state index is 12.5. The molecule has 0 amide bonds. The first-order valence-electron chi connectivity index (χ1n) is 5.65. The first kappa shape index (κ1) is 16.4. The SMILES string of the molecule is FC(F)(F)c1cccc(Oc2ncc(C(F)(F)F)cc2Cl)c1. The molecule has 2 aromatic rings. The summed E-state index contributed by atoms with van der Waals surface area (Å²) in [7, 11) is 0. The summed E-state index contributed by atoms with van der Waals surface area (Å²) in [5.41, 5.74) is -2.05. The molecule has 0 saturated carbocycles. The summed E-state index contributed by atoms with van der Waals surface area (Å²) in [5.74, 6) is -0.669. The zero-order chi connectivity index (χ0) is 16.5. The largest absolute Gasteiger partial charge is 0.438 e. The first-order valence-corrected chi connectivity index (χ1v) is 6.03. The highest BCUT2D eigenvalue weighted by Crippen LogP contribution is 2.36. The lowest BCUT2D eigenvalue weighted by Crippen LogP contribution is -2.06. The molecule has 118 valence electrons. The van der Waals surface area contributed by atoms with Crippen molar-refractivity contribution in [3.8, 4) is 11.6 Å². The molecule has 2 rings (SSSR count). The maximum atomic E-state index is 12.5. The van der Waals surface area contributed by atoms with Crippen molar-refractivity contribution in [3.05, 3.63) is 52.7 Å². The van der Waals surface area contributed by atoms with Crippen molar-refractivity contribution < 1.29 is 31.1 Å². The molecule has 9 heteroatoms. The highest BCUT2D eigenvalue weighted by Gasteiger charge is 2.32. The van der Waals surface area contributed by atoms with E-state index >= 15 is 0 Å². The van der Waals surface area contributed by atoms with Gasteiger partial charge in [-0.15, -0.1) is 0 Å². The third kappa shape index (κ3) is 3.82. The molecule has 0 spiro atoms. The third-order valence-electron chi connectivity index (χ3n) is 2.51. The molecule has 0 saturated heterocycles. The fourth-order valence-electron chi connectivity index (χ4n) is 1.50. The van der Waals surface area contributed by atoms with Gasteiger partial charge in [0, 0.05) is 6.20 Å². The average Bonchev–Trinajstić information content (AvgIpc) is 2.39. The van der Waals surface area contributed by atoms with Crippen LogP contribution in [0.1, 0.15) is 11.1 Å². The lowest BCUT2D eigenvalue weighted by atomic mass is 10.2. The molecule has 1 aromatic carbocycles. The lowest BCUT2D eigenvalue weighted by Gasteiger charge is -2.11. The van der Waals surface area contributed by atoms with Crippen LogP contribution in [-0.2, 0) is 12.4 Å². The highest BCUT2D eigenvalue weighted by atomic mass is 35.5. The number of hydrogen-bond donors (Lipinski definition) is 0. The van der Waals surface area contributed by atoms with Crippen LogP contribution >= 0.6 is 11.6 Å². The number of hydrogen-bond acceptors (Lipinski definition) is 2. The van der Waals surface area contributed by atoms with Gasteiger partial charge in [0.25, 0.3) is 0 Å². The molecule has 1 aromatic heterocycles. The Balaban J connectivity index is 2.28. The Bertz CT molecular complexity index is 683. The van der Waals surface area contributed by atoms with E-state index in [9.17, 15) is 26.3 Å². The van der Waals surface area contributed by atoms with E-state index in [1.54, 1.807) is 0 Å². The Morgan fingerprint density at radius 3 is 2.09 bits per heavy atom. The van der Waals surface area contributed by atoms with E-state index < -0.39 is 34.4 Å². The van der Waals surface area contributed by atoms with Gasteiger partial charge in [-0.3, -0.25) is 0 Å². The van der Waals surface area contributed by atoms with E-state index in [-0.39, 0.29) is 5.75 Å². The molecule has 0 radical (unpaired) electrons. The van der Waals surface area contributed by atoms with Crippen LogP contribution in [0.3, 0.4) is 0 Å². The molecular formula is C13H6ClF6NO. The van der Waals surface area contributed by atoms with Crippen molar-refractivity contribution in [1.82, 2.24) is 4.98 Å². The summed E-state index contributed by atoms with van der Waals surface area (Å²) in [6.45, 7) is 0. The second-order valence-corrected chi connectivity index (χ2v) is 4.54. The fraction of sp³-hybridized carbons (Fsp3) is 0.154. The lowest BCUT2D eigenvalue weighted by molar-refractivity contribution is -0.138. The summed E-state index contributed by atoms with van der Waals surface area (Å²) in [6.07, 6.45) is -8.73. The molecule has 1 heterocycles. The van der Waals surface area contributed by atoms with E-state index in [2.05, 4.69) is 4.98 Å². The second-order valence-electron chi connectivity index (χ2n) is 4.14. The molecule has 0 aliphatic heterocycles. The first-order chi connectivity index (χ1) is 10.1. The van der Waals surface area contributed by atoms with Crippen molar-refractivity contribution in [1.29, 1.82) is 0 Å². The number of halogens is 7. The van der Waals surface area contributed by atoms with Gasteiger partial charge in [0.2, 0.25) is 5.88 Å². The number of ether oxygens (including phenoxy) is 1. The molecular weight excluding hydrogens is 336 g/mol. The van der Waals surface area contributed by atoms with Crippen LogP contribution in [0.5, 0.6) is 11.6 Å². The van der Waals surface area contributed by atoms with Gasteiger partial charge in [-0.25, -0.2) is 4.98 Å². The van der Waals surface area contributed by atoms with E-state index in [0.717, 1.165) is 12.1 Å². The van der Waals surface area contributed by atoms with E-state index in [4.69, 9.17) is 16.3 Å². The Hall–Kier alpha value is -1.96.